The molecule has 0 aliphatic carbocycles. The van der Waals surface area contributed by atoms with Crippen molar-refractivity contribution >= 4 is 41.3 Å². The minimum atomic E-state index is 0. The smallest absolute Gasteiger partial charge is 0.213 e. The normalized spacial score (nSPS) is 11.2. The van der Waals surface area contributed by atoms with E-state index in [1.807, 2.05) is 12.1 Å². The number of nitrogens with one attached hydrogen (secondary N) is 2. The predicted octanol–water partition coefficient (Wildman–Crippen LogP) is 3.17. The van der Waals surface area contributed by atoms with E-state index >= 15 is 0 Å². The Bertz CT molecular complexity index is 691. The molecule has 0 radical (unpaired) electrons. The van der Waals surface area contributed by atoms with Gasteiger partial charge in [-0.1, -0.05) is 19.9 Å². The van der Waals surface area contributed by atoms with Crippen molar-refractivity contribution in [1.29, 1.82) is 0 Å². The number of ether oxygens (including phenoxy) is 2. The van der Waals surface area contributed by atoms with Gasteiger partial charge in [0.25, 0.3) is 0 Å². The summed E-state index contributed by atoms with van der Waals surface area (Å²) in [5, 5.41) is 9.72. The lowest BCUT2D eigenvalue weighted by Crippen LogP contribution is -2.36. The van der Waals surface area contributed by atoms with Crippen LogP contribution in [0.3, 0.4) is 0 Å². The van der Waals surface area contributed by atoms with Crippen LogP contribution in [-0.4, -0.2) is 43.3 Å². The zero-order chi connectivity index (χ0) is 18.8. The molecule has 150 valence electrons. The molecule has 2 aromatic rings. The number of halogens is 1. The molecule has 0 atom stereocenters. The molecule has 7 nitrogen and oxygen atoms in total. The minimum Gasteiger partial charge on any atom is -0.475 e. The summed E-state index contributed by atoms with van der Waals surface area (Å²) in [7, 11) is 3.39. The molecule has 0 bridgehead atoms. The van der Waals surface area contributed by atoms with Crippen molar-refractivity contribution in [3.63, 3.8) is 0 Å². The summed E-state index contributed by atoms with van der Waals surface area (Å²) in [4.78, 5) is 13.1. The van der Waals surface area contributed by atoms with E-state index in [1.165, 1.54) is 0 Å². The van der Waals surface area contributed by atoms with Gasteiger partial charge in [-0.15, -0.1) is 35.3 Å². The highest BCUT2D eigenvalue weighted by Crippen LogP contribution is 2.17. The van der Waals surface area contributed by atoms with Crippen LogP contribution in [0.4, 0.5) is 0 Å². The van der Waals surface area contributed by atoms with Gasteiger partial charge in [0.2, 0.25) is 5.88 Å². The first kappa shape index (κ1) is 23.6. The molecule has 0 aromatic carbocycles. The summed E-state index contributed by atoms with van der Waals surface area (Å²) in [5.74, 6) is 1.77. The fourth-order valence-corrected chi connectivity index (χ4v) is 2.96. The average molecular weight is 505 g/mol. The molecule has 0 aliphatic rings. The van der Waals surface area contributed by atoms with Crippen molar-refractivity contribution < 1.29 is 9.47 Å². The third-order valence-corrected chi connectivity index (χ3v) is 4.45. The van der Waals surface area contributed by atoms with Gasteiger partial charge in [-0.05, 0) is 11.5 Å². The molecule has 2 aromatic heterocycles. The maximum absolute atomic E-state index is 5.46. The molecular weight excluding hydrogens is 477 g/mol. The number of pyridine rings is 1. The van der Waals surface area contributed by atoms with Crippen LogP contribution < -0.4 is 15.4 Å². The van der Waals surface area contributed by atoms with Gasteiger partial charge in [-0.25, -0.2) is 9.97 Å². The van der Waals surface area contributed by atoms with E-state index in [9.17, 15) is 0 Å². The molecule has 0 saturated heterocycles. The van der Waals surface area contributed by atoms with Crippen molar-refractivity contribution in [2.24, 2.45) is 4.99 Å². The van der Waals surface area contributed by atoms with Crippen LogP contribution in [-0.2, 0) is 17.8 Å². The van der Waals surface area contributed by atoms with Crippen LogP contribution in [0.25, 0.3) is 0 Å². The Hall–Kier alpha value is -1.46. The minimum absolute atomic E-state index is 0. The van der Waals surface area contributed by atoms with Gasteiger partial charge < -0.3 is 20.1 Å². The Kier molecular flexibility index (Phi) is 11.2. The summed E-state index contributed by atoms with van der Waals surface area (Å²) in [6.07, 6.45) is 1.79. The van der Waals surface area contributed by atoms with Crippen LogP contribution >= 0.6 is 35.3 Å². The molecule has 0 aliphatic heterocycles. The largest absolute Gasteiger partial charge is 0.475 e. The van der Waals surface area contributed by atoms with E-state index in [1.54, 1.807) is 31.7 Å². The molecule has 27 heavy (non-hydrogen) atoms. The first-order valence-electron chi connectivity index (χ1n) is 8.58. The highest BCUT2D eigenvalue weighted by Gasteiger charge is 2.06. The summed E-state index contributed by atoms with van der Waals surface area (Å²) in [6, 6.07) is 3.83. The Balaban J connectivity index is 0.00000364. The molecule has 0 amide bonds. The number of hydrogen-bond acceptors (Lipinski definition) is 6. The van der Waals surface area contributed by atoms with Crippen LogP contribution in [0.1, 0.15) is 36.0 Å². The van der Waals surface area contributed by atoms with Crippen molar-refractivity contribution in [2.45, 2.75) is 32.9 Å². The van der Waals surface area contributed by atoms with Gasteiger partial charge in [0.05, 0.1) is 18.8 Å². The number of hydrogen-bond donors (Lipinski definition) is 2. The maximum atomic E-state index is 5.46. The first-order chi connectivity index (χ1) is 12.6. The Labute approximate surface area is 182 Å². The predicted molar refractivity (Wildman–Crippen MR) is 120 cm³/mol. The summed E-state index contributed by atoms with van der Waals surface area (Å²) in [5.41, 5.74) is 2.18. The molecule has 0 unspecified atom stereocenters. The van der Waals surface area contributed by atoms with Gasteiger partial charge in [0.15, 0.2) is 5.96 Å². The number of thiazole rings is 1. The van der Waals surface area contributed by atoms with Crippen molar-refractivity contribution in [3.8, 4) is 5.88 Å². The molecule has 9 heteroatoms. The third kappa shape index (κ3) is 8.39. The van der Waals surface area contributed by atoms with Crippen molar-refractivity contribution in [3.05, 3.63) is 40.0 Å². The van der Waals surface area contributed by atoms with Crippen LogP contribution in [0.15, 0.2) is 28.7 Å². The Morgan fingerprint density at radius 2 is 2.00 bits per heavy atom. The first-order valence-corrected chi connectivity index (χ1v) is 9.45. The zero-order valence-electron chi connectivity index (χ0n) is 16.2. The highest BCUT2D eigenvalue weighted by molar-refractivity contribution is 14.0. The van der Waals surface area contributed by atoms with Gasteiger partial charge in [-0.3, -0.25) is 4.99 Å². The van der Waals surface area contributed by atoms with E-state index in [4.69, 9.17) is 9.47 Å². The van der Waals surface area contributed by atoms with E-state index in [-0.39, 0.29) is 24.0 Å². The summed E-state index contributed by atoms with van der Waals surface area (Å²) in [6.45, 7) is 6.61. The van der Waals surface area contributed by atoms with Crippen LogP contribution in [0, 0.1) is 0 Å². The average Bonchev–Trinajstić information content (AvgIpc) is 3.12. The molecule has 0 saturated carbocycles. The van der Waals surface area contributed by atoms with Crippen LogP contribution in [0.2, 0.25) is 0 Å². The standard InChI is InChI=1S/C18H27N5O2S.HI/c1-13(2)15-12-26-17(23-15)11-22-18(19-3)21-10-14-5-6-16(20-9-14)25-8-7-24-4;/h5-6,9,12-13H,7-8,10-11H2,1-4H3,(H2,19,21,22);1H. The molecule has 0 fully saturated rings. The number of nitrogens with zero attached hydrogens (tertiary/aromatic N) is 3. The molecule has 2 rings (SSSR count). The number of rotatable bonds is 9. The number of guanidine groups is 1. The number of methoxy groups -OCH3 is 1. The SMILES string of the molecule is CN=C(NCc1ccc(OCCOC)nc1)NCc1nc(C(C)C)cs1.I. The van der Waals surface area contributed by atoms with Crippen LogP contribution in [0.5, 0.6) is 5.88 Å². The second kappa shape index (κ2) is 12.8. The highest BCUT2D eigenvalue weighted by atomic mass is 127. The quantitative estimate of drug-likeness (QED) is 0.236. The van der Waals surface area contributed by atoms with Gasteiger partial charge >= 0.3 is 0 Å². The summed E-state index contributed by atoms with van der Waals surface area (Å²) < 4.78 is 10.4. The summed E-state index contributed by atoms with van der Waals surface area (Å²) >= 11 is 1.67. The monoisotopic (exact) mass is 505 g/mol. The molecular formula is C18H28IN5O2S. The molecule has 2 heterocycles. The lowest BCUT2D eigenvalue weighted by Gasteiger charge is -2.11. The van der Waals surface area contributed by atoms with E-state index < -0.39 is 0 Å². The number of aromatic nitrogens is 2. The second-order valence-electron chi connectivity index (χ2n) is 5.95. The molecule has 0 spiro atoms. The lowest BCUT2D eigenvalue weighted by atomic mass is 10.2. The zero-order valence-corrected chi connectivity index (χ0v) is 19.3. The van der Waals surface area contributed by atoms with E-state index in [0.717, 1.165) is 22.2 Å². The van der Waals surface area contributed by atoms with Crippen molar-refractivity contribution in [2.75, 3.05) is 27.4 Å². The molecule has 2 N–H and O–H groups in total. The van der Waals surface area contributed by atoms with Gasteiger partial charge in [0, 0.05) is 38.3 Å². The van der Waals surface area contributed by atoms with Gasteiger partial charge in [-0.2, -0.15) is 0 Å². The van der Waals surface area contributed by atoms with Crippen molar-refractivity contribution in [1.82, 2.24) is 20.6 Å². The Morgan fingerprint density at radius 1 is 1.22 bits per heavy atom. The fourth-order valence-electron chi connectivity index (χ4n) is 2.07. The van der Waals surface area contributed by atoms with E-state index in [2.05, 4.69) is 44.8 Å². The lowest BCUT2D eigenvalue weighted by molar-refractivity contribution is 0.143. The third-order valence-electron chi connectivity index (χ3n) is 3.59. The van der Waals surface area contributed by atoms with E-state index in [0.29, 0.717) is 38.1 Å². The second-order valence-corrected chi connectivity index (χ2v) is 6.89. The maximum Gasteiger partial charge on any atom is 0.213 e. The van der Waals surface area contributed by atoms with Gasteiger partial charge in [0.1, 0.15) is 11.6 Å². The topological polar surface area (TPSA) is 80.7 Å². The number of aliphatic imine (C=N–C) groups is 1. The Morgan fingerprint density at radius 3 is 2.59 bits per heavy atom. The fraction of sp³-hybridized carbons (Fsp3) is 0.500.